The second-order valence-corrected chi connectivity index (χ2v) is 8.64. The number of nitrogens with one attached hydrogen (secondary N) is 1. The van der Waals surface area contributed by atoms with E-state index < -0.39 is 5.60 Å². The molecule has 1 N–H and O–H groups in total. The number of allylic oxidation sites excluding steroid dienone is 1. The first kappa shape index (κ1) is 20.2. The number of ether oxygens (including phenoxy) is 1. The second-order valence-electron chi connectivity index (χ2n) is 8.64. The predicted molar refractivity (Wildman–Crippen MR) is 113 cm³/mol. The summed E-state index contributed by atoms with van der Waals surface area (Å²) >= 11 is 0. The first-order chi connectivity index (χ1) is 13.3. The molecule has 3 aliphatic rings. The van der Waals surface area contributed by atoms with Crippen LogP contribution in [0.25, 0.3) is 0 Å². The third kappa shape index (κ3) is 5.50. The molecule has 28 heavy (non-hydrogen) atoms. The van der Waals surface area contributed by atoms with Crippen LogP contribution in [0.3, 0.4) is 0 Å². The zero-order chi connectivity index (χ0) is 20.1. The van der Waals surface area contributed by atoms with Crippen LogP contribution in [0.1, 0.15) is 40.0 Å². The fraction of sp³-hybridized carbons (Fsp3) is 0.545. The Hall–Kier alpha value is -2.50. The van der Waals surface area contributed by atoms with Gasteiger partial charge in [-0.25, -0.2) is 4.79 Å². The smallest absolute Gasteiger partial charge is 0.410 e. The zero-order valence-corrected chi connectivity index (χ0v) is 17.2. The molecule has 2 heterocycles. The summed E-state index contributed by atoms with van der Waals surface area (Å²) in [6, 6.07) is 0. The van der Waals surface area contributed by atoms with E-state index in [4.69, 9.17) is 4.74 Å². The summed E-state index contributed by atoms with van der Waals surface area (Å²) in [5.74, 6) is 0.594. The van der Waals surface area contributed by atoms with Crippen LogP contribution < -0.4 is 5.32 Å². The van der Waals surface area contributed by atoms with Gasteiger partial charge in [0.05, 0.1) is 18.8 Å². The monoisotopic (exact) mass is 384 g/mol. The lowest BCUT2D eigenvalue weighted by Gasteiger charge is -2.34. The fourth-order valence-corrected chi connectivity index (χ4v) is 3.42. The number of hydrogen-bond acceptors (Lipinski definition) is 5. The van der Waals surface area contributed by atoms with Crippen molar-refractivity contribution in [3.63, 3.8) is 0 Å². The highest BCUT2D eigenvalue weighted by Gasteiger charge is 2.29. The van der Waals surface area contributed by atoms with E-state index in [-0.39, 0.29) is 12.3 Å². The standard InChI is InChI=1S/C22H32N4O2/c1-5-11-23-12-19-16-25-14-18(9-10-20(25)24-19)15-26(13-17-7-6-8-17)21(27)28-22(2,3)4/h5,9-11,14,16-17,20,24H,1,6-8,12-13,15H2,2-4H3. The zero-order valence-electron chi connectivity index (χ0n) is 17.2. The van der Waals surface area contributed by atoms with Gasteiger partial charge in [0.1, 0.15) is 11.8 Å². The van der Waals surface area contributed by atoms with Crippen molar-refractivity contribution in [1.29, 1.82) is 0 Å². The maximum atomic E-state index is 12.7. The van der Waals surface area contributed by atoms with E-state index in [1.807, 2.05) is 25.7 Å². The Morgan fingerprint density at radius 3 is 2.86 bits per heavy atom. The van der Waals surface area contributed by atoms with Gasteiger partial charge >= 0.3 is 6.09 Å². The summed E-state index contributed by atoms with van der Waals surface area (Å²) in [4.78, 5) is 21.0. The number of carbonyl (C=O) groups excluding carboxylic acids is 1. The molecule has 3 rings (SSSR count). The molecule has 6 heteroatoms. The molecule has 1 unspecified atom stereocenters. The van der Waals surface area contributed by atoms with Crippen LogP contribution in [0, 0.1) is 5.92 Å². The van der Waals surface area contributed by atoms with E-state index in [1.54, 1.807) is 12.3 Å². The lowest BCUT2D eigenvalue weighted by molar-refractivity contribution is 0.0212. The number of fused-ring (bicyclic) bond motifs is 1. The molecule has 0 spiro atoms. The highest BCUT2D eigenvalue weighted by atomic mass is 16.6. The first-order valence-corrected chi connectivity index (χ1v) is 10.1. The van der Waals surface area contributed by atoms with Gasteiger partial charge in [-0.15, -0.1) is 0 Å². The molecule has 0 aromatic rings. The Kier molecular flexibility index (Phi) is 6.27. The van der Waals surface area contributed by atoms with E-state index in [2.05, 4.69) is 46.3 Å². The lowest BCUT2D eigenvalue weighted by Crippen LogP contribution is -2.42. The third-order valence-electron chi connectivity index (χ3n) is 4.97. The summed E-state index contributed by atoms with van der Waals surface area (Å²) in [6.45, 7) is 11.3. The average Bonchev–Trinajstić information content (AvgIpc) is 2.97. The highest BCUT2D eigenvalue weighted by Crippen LogP contribution is 2.28. The summed E-state index contributed by atoms with van der Waals surface area (Å²) in [6.07, 6.45) is 15.3. The number of aliphatic imine (C=N–C) groups is 1. The summed E-state index contributed by atoms with van der Waals surface area (Å²) < 4.78 is 5.64. The predicted octanol–water partition coefficient (Wildman–Crippen LogP) is 3.81. The van der Waals surface area contributed by atoms with Gasteiger partial charge in [0.15, 0.2) is 0 Å². The van der Waals surface area contributed by atoms with Crippen molar-refractivity contribution in [2.24, 2.45) is 10.9 Å². The van der Waals surface area contributed by atoms with E-state index in [0.717, 1.165) is 17.8 Å². The molecule has 0 radical (unpaired) electrons. The van der Waals surface area contributed by atoms with Crippen molar-refractivity contribution >= 4 is 12.3 Å². The van der Waals surface area contributed by atoms with Crippen LogP contribution in [-0.4, -0.2) is 53.5 Å². The Bertz CT molecular complexity index is 711. The fourth-order valence-electron chi connectivity index (χ4n) is 3.42. The molecule has 0 aromatic heterocycles. The van der Waals surface area contributed by atoms with Crippen LogP contribution in [-0.2, 0) is 4.74 Å². The van der Waals surface area contributed by atoms with Crippen molar-refractivity contribution in [3.05, 3.63) is 48.5 Å². The van der Waals surface area contributed by atoms with E-state index in [9.17, 15) is 4.79 Å². The van der Waals surface area contributed by atoms with Crippen LogP contribution in [0.15, 0.2) is 53.5 Å². The Labute approximate surface area is 168 Å². The molecule has 1 atom stereocenters. The quantitative estimate of drug-likeness (QED) is 0.678. The SMILES string of the molecule is C=CC=NCC1=CN2C=C(CN(CC3CCC3)C(=O)OC(C)(C)C)C=CC2N1. The molecule has 0 bridgehead atoms. The van der Waals surface area contributed by atoms with Crippen molar-refractivity contribution in [2.45, 2.75) is 51.8 Å². The normalized spacial score (nSPS) is 21.5. The minimum absolute atomic E-state index is 0.110. The summed E-state index contributed by atoms with van der Waals surface area (Å²) in [5, 5.41) is 3.43. The van der Waals surface area contributed by atoms with Gasteiger partial charge < -0.3 is 19.9 Å². The van der Waals surface area contributed by atoms with Crippen LogP contribution in [0.4, 0.5) is 4.79 Å². The first-order valence-electron chi connectivity index (χ1n) is 10.1. The van der Waals surface area contributed by atoms with Gasteiger partial charge in [0.25, 0.3) is 0 Å². The van der Waals surface area contributed by atoms with Crippen LogP contribution in [0.2, 0.25) is 0 Å². The number of rotatable bonds is 7. The van der Waals surface area contributed by atoms with Gasteiger partial charge in [-0.05, 0) is 51.2 Å². The van der Waals surface area contributed by atoms with Gasteiger partial charge in [-0.2, -0.15) is 0 Å². The molecule has 1 amide bonds. The number of carbonyl (C=O) groups is 1. The molecule has 0 saturated heterocycles. The maximum absolute atomic E-state index is 12.7. The Morgan fingerprint density at radius 1 is 1.43 bits per heavy atom. The van der Waals surface area contributed by atoms with Gasteiger partial charge in [0.2, 0.25) is 0 Å². The maximum Gasteiger partial charge on any atom is 0.410 e. The van der Waals surface area contributed by atoms with Crippen LogP contribution in [0.5, 0.6) is 0 Å². The lowest BCUT2D eigenvalue weighted by atomic mass is 9.85. The number of hydrogen-bond donors (Lipinski definition) is 1. The Balaban J connectivity index is 1.65. The van der Waals surface area contributed by atoms with Gasteiger partial charge in [0, 0.05) is 25.2 Å². The second kappa shape index (κ2) is 8.67. The van der Waals surface area contributed by atoms with Crippen molar-refractivity contribution in [1.82, 2.24) is 15.1 Å². The molecule has 1 saturated carbocycles. The Morgan fingerprint density at radius 2 is 2.21 bits per heavy atom. The minimum Gasteiger partial charge on any atom is -0.444 e. The van der Waals surface area contributed by atoms with Crippen molar-refractivity contribution < 1.29 is 9.53 Å². The topological polar surface area (TPSA) is 57.2 Å². The molecule has 6 nitrogen and oxygen atoms in total. The molecule has 152 valence electrons. The third-order valence-corrected chi connectivity index (χ3v) is 4.97. The van der Waals surface area contributed by atoms with E-state index in [0.29, 0.717) is 19.0 Å². The number of amides is 1. The van der Waals surface area contributed by atoms with Gasteiger partial charge in [-0.1, -0.05) is 25.2 Å². The molecule has 0 aromatic carbocycles. The summed E-state index contributed by atoms with van der Waals surface area (Å²) in [7, 11) is 0. The highest BCUT2D eigenvalue weighted by molar-refractivity contribution is 5.70. The molecule has 1 fully saturated rings. The summed E-state index contributed by atoms with van der Waals surface area (Å²) in [5.41, 5.74) is 1.67. The van der Waals surface area contributed by atoms with E-state index in [1.165, 1.54) is 19.3 Å². The molecular weight excluding hydrogens is 352 g/mol. The largest absolute Gasteiger partial charge is 0.444 e. The minimum atomic E-state index is -0.487. The number of nitrogens with zero attached hydrogens (tertiary/aromatic N) is 3. The molecule has 1 aliphatic carbocycles. The van der Waals surface area contributed by atoms with E-state index >= 15 is 0 Å². The molecular formula is C22H32N4O2. The van der Waals surface area contributed by atoms with Crippen LogP contribution >= 0.6 is 0 Å². The average molecular weight is 385 g/mol. The van der Waals surface area contributed by atoms with Gasteiger partial charge in [-0.3, -0.25) is 4.99 Å². The van der Waals surface area contributed by atoms with Crippen molar-refractivity contribution in [3.8, 4) is 0 Å². The van der Waals surface area contributed by atoms with Crippen molar-refractivity contribution in [2.75, 3.05) is 19.6 Å². The molecule has 2 aliphatic heterocycles.